The number of amides is 2. The SMILES string of the molecule is CCCCS(=O)(=O)N[C@H](CNC(=O)CCNC(=O)CCC1CCNCC1)C(=O)O. The van der Waals surface area contributed by atoms with Gasteiger partial charge in [-0.2, -0.15) is 4.72 Å². The van der Waals surface area contributed by atoms with Gasteiger partial charge in [-0.1, -0.05) is 13.3 Å². The highest BCUT2D eigenvalue weighted by Crippen LogP contribution is 2.17. The van der Waals surface area contributed by atoms with Crippen LogP contribution in [0, 0.1) is 5.92 Å². The molecule has 1 heterocycles. The fourth-order valence-electron chi connectivity index (χ4n) is 3.00. The van der Waals surface area contributed by atoms with E-state index in [4.69, 9.17) is 5.11 Å². The van der Waals surface area contributed by atoms with Crippen molar-refractivity contribution in [1.82, 2.24) is 20.7 Å². The van der Waals surface area contributed by atoms with E-state index in [9.17, 15) is 22.8 Å². The van der Waals surface area contributed by atoms with Gasteiger partial charge in [0, 0.05) is 25.9 Å². The van der Waals surface area contributed by atoms with Gasteiger partial charge in [0.2, 0.25) is 21.8 Å². The normalized spacial score (nSPS) is 16.2. The molecule has 5 N–H and O–H groups in total. The van der Waals surface area contributed by atoms with Crippen molar-refractivity contribution in [2.75, 3.05) is 31.9 Å². The number of carbonyl (C=O) groups excluding carboxylic acids is 2. The zero-order chi connectivity index (χ0) is 21.7. The Balaban J connectivity index is 2.24. The van der Waals surface area contributed by atoms with E-state index < -0.39 is 27.9 Å². The van der Waals surface area contributed by atoms with Crippen LogP contribution in [-0.4, -0.2) is 69.3 Å². The first kappa shape index (κ1) is 25.3. The van der Waals surface area contributed by atoms with Gasteiger partial charge in [-0.3, -0.25) is 14.4 Å². The molecule has 0 bridgehead atoms. The summed E-state index contributed by atoms with van der Waals surface area (Å²) in [5, 5.41) is 17.5. The molecule has 1 aliphatic heterocycles. The third-order valence-corrected chi connectivity index (χ3v) is 6.27. The van der Waals surface area contributed by atoms with Gasteiger partial charge in [0.1, 0.15) is 6.04 Å². The summed E-state index contributed by atoms with van der Waals surface area (Å²) >= 11 is 0. The molecule has 0 saturated carbocycles. The first-order valence-electron chi connectivity index (χ1n) is 10.2. The van der Waals surface area contributed by atoms with Gasteiger partial charge in [-0.25, -0.2) is 8.42 Å². The van der Waals surface area contributed by atoms with Gasteiger partial charge in [-0.15, -0.1) is 0 Å². The number of aliphatic carboxylic acids is 1. The lowest BCUT2D eigenvalue weighted by Crippen LogP contribution is -2.49. The Labute approximate surface area is 172 Å². The first-order chi connectivity index (χ1) is 13.7. The van der Waals surface area contributed by atoms with E-state index in [1.54, 1.807) is 0 Å². The Morgan fingerprint density at radius 2 is 1.76 bits per heavy atom. The molecular formula is C18H34N4O6S. The largest absolute Gasteiger partial charge is 0.480 e. The highest BCUT2D eigenvalue weighted by Gasteiger charge is 2.24. The summed E-state index contributed by atoms with van der Waals surface area (Å²) in [4.78, 5) is 34.9. The second kappa shape index (κ2) is 13.5. The molecule has 11 heteroatoms. The summed E-state index contributed by atoms with van der Waals surface area (Å²) in [5.74, 6) is -1.54. The smallest absolute Gasteiger partial charge is 0.323 e. The highest BCUT2D eigenvalue weighted by molar-refractivity contribution is 7.89. The van der Waals surface area contributed by atoms with E-state index in [-0.39, 0.29) is 31.2 Å². The van der Waals surface area contributed by atoms with Gasteiger partial charge in [0.05, 0.1) is 5.75 Å². The van der Waals surface area contributed by atoms with Crippen molar-refractivity contribution in [2.45, 2.75) is 57.9 Å². The van der Waals surface area contributed by atoms with Gasteiger partial charge >= 0.3 is 5.97 Å². The zero-order valence-corrected chi connectivity index (χ0v) is 17.9. The molecule has 0 aliphatic carbocycles. The van der Waals surface area contributed by atoms with E-state index in [1.807, 2.05) is 6.92 Å². The number of rotatable bonds is 14. The molecule has 1 rings (SSSR count). The Kier molecular flexibility index (Phi) is 11.8. The number of carbonyl (C=O) groups is 3. The molecule has 0 aromatic heterocycles. The lowest BCUT2D eigenvalue weighted by Gasteiger charge is -2.22. The van der Waals surface area contributed by atoms with Crippen molar-refractivity contribution in [3.63, 3.8) is 0 Å². The zero-order valence-electron chi connectivity index (χ0n) is 17.0. The molecule has 1 atom stereocenters. The fraction of sp³-hybridized carbons (Fsp3) is 0.833. The number of carboxylic acids is 1. The van der Waals surface area contributed by atoms with Crippen LogP contribution in [0.5, 0.6) is 0 Å². The van der Waals surface area contributed by atoms with E-state index in [0.717, 1.165) is 32.4 Å². The predicted octanol–water partition coefficient (Wildman–Crippen LogP) is -0.439. The van der Waals surface area contributed by atoms with E-state index >= 15 is 0 Å². The molecule has 10 nitrogen and oxygen atoms in total. The van der Waals surface area contributed by atoms with Crippen LogP contribution < -0.4 is 20.7 Å². The van der Waals surface area contributed by atoms with Crippen LogP contribution >= 0.6 is 0 Å². The molecule has 0 aromatic rings. The Morgan fingerprint density at radius 3 is 2.38 bits per heavy atom. The summed E-state index contributed by atoms with van der Waals surface area (Å²) in [6, 6.07) is -1.43. The topological polar surface area (TPSA) is 154 Å². The van der Waals surface area contributed by atoms with Gasteiger partial charge < -0.3 is 21.1 Å². The maximum absolute atomic E-state index is 11.9. The van der Waals surface area contributed by atoms with Crippen molar-refractivity contribution in [1.29, 1.82) is 0 Å². The van der Waals surface area contributed by atoms with Crippen LogP contribution in [0.4, 0.5) is 0 Å². The monoisotopic (exact) mass is 434 g/mol. The summed E-state index contributed by atoms with van der Waals surface area (Å²) < 4.78 is 25.8. The molecule has 1 saturated heterocycles. The number of unbranched alkanes of at least 4 members (excludes halogenated alkanes) is 1. The van der Waals surface area contributed by atoms with Gasteiger partial charge in [-0.05, 0) is 44.7 Å². The Bertz CT molecular complexity index is 634. The molecule has 1 fully saturated rings. The number of hydrogen-bond acceptors (Lipinski definition) is 6. The van der Waals surface area contributed by atoms with E-state index in [1.165, 1.54) is 0 Å². The quantitative estimate of drug-likeness (QED) is 0.248. The van der Waals surface area contributed by atoms with Crippen LogP contribution in [0.3, 0.4) is 0 Å². The van der Waals surface area contributed by atoms with Crippen molar-refractivity contribution >= 4 is 27.8 Å². The molecule has 2 amide bonds. The van der Waals surface area contributed by atoms with Crippen molar-refractivity contribution < 1.29 is 27.9 Å². The number of carboxylic acid groups (broad SMARTS) is 1. The summed E-state index contributed by atoms with van der Waals surface area (Å²) in [6.45, 7) is 3.59. The summed E-state index contributed by atoms with van der Waals surface area (Å²) in [6.07, 6.45) is 4.48. The lowest BCUT2D eigenvalue weighted by molar-refractivity contribution is -0.138. The second-order valence-corrected chi connectivity index (χ2v) is 9.19. The molecule has 0 radical (unpaired) electrons. The molecule has 0 unspecified atom stereocenters. The molecular weight excluding hydrogens is 400 g/mol. The maximum Gasteiger partial charge on any atom is 0.323 e. The van der Waals surface area contributed by atoms with Gasteiger partial charge in [0.25, 0.3) is 0 Å². The average Bonchev–Trinajstić information content (AvgIpc) is 2.68. The third-order valence-electron chi connectivity index (χ3n) is 4.80. The minimum absolute atomic E-state index is 0.00594. The summed E-state index contributed by atoms with van der Waals surface area (Å²) in [5.41, 5.74) is 0. The first-order valence-corrected chi connectivity index (χ1v) is 11.9. The molecule has 168 valence electrons. The minimum Gasteiger partial charge on any atom is -0.480 e. The standard InChI is InChI=1S/C18H34N4O6S/c1-2-3-12-29(27,28)22-15(18(25)26)13-21-17(24)8-11-20-16(23)5-4-14-6-9-19-10-7-14/h14-15,19,22H,2-13H2,1H3,(H,20,23)(H,21,24)(H,25,26)/t15-/m1/s1. The van der Waals surface area contributed by atoms with Gasteiger partial charge in [0.15, 0.2) is 0 Å². The fourth-order valence-corrected chi connectivity index (χ4v) is 4.41. The molecule has 1 aliphatic rings. The maximum atomic E-state index is 11.9. The highest BCUT2D eigenvalue weighted by atomic mass is 32.2. The Hall–Kier alpha value is -1.72. The Morgan fingerprint density at radius 1 is 1.10 bits per heavy atom. The number of nitrogens with one attached hydrogen (secondary N) is 4. The minimum atomic E-state index is -3.72. The predicted molar refractivity (Wildman–Crippen MR) is 109 cm³/mol. The molecule has 0 spiro atoms. The van der Waals surface area contributed by atoms with Crippen LogP contribution in [0.1, 0.15) is 51.9 Å². The van der Waals surface area contributed by atoms with Crippen molar-refractivity contribution in [3.8, 4) is 0 Å². The molecule has 0 aromatic carbocycles. The number of piperidine rings is 1. The van der Waals surface area contributed by atoms with Crippen LogP contribution in [-0.2, 0) is 24.4 Å². The second-order valence-electron chi connectivity index (χ2n) is 7.32. The third kappa shape index (κ3) is 11.8. The van der Waals surface area contributed by atoms with E-state index in [0.29, 0.717) is 25.2 Å². The number of hydrogen-bond donors (Lipinski definition) is 5. The summed E-state index contributed by atoms with van der Waals surface area (Å²) in [7, 11) is -3.72. The van der Waals surface area contributed by atoms with Crippen molar-refractivity contribution in [2.24, 2.45) is 5.92 Å². The van der Waals surface area contributed by atoms with Crippen molar-refractivity contribution in [3.05, 3.63) is 0 Å². The van der Waals surface area contributed by atoms with Crippen LogP contribution in [0.2, 0.25) is 0 Å². The van der Waals surface area contributed by atoms with Crippen LogP contribution in [0.25, 0.3) is 0 Å². The van der Waals surface area contributed by atoms with E-state index in [2.05, 4.69) is 20.7 Å². The number of sulfonamides is 1. The lowest BCUT2D eigenvalue weighted by atomic mass is 9.93. The average molecular weight is 435 g/mol. The van der Waals surface area contributed by atoms with Crippen LogP contribution in [0.15, 0.2) is 0 Å². The molecule has 29 heavy (non-hydrogen) atoms.